The normalized spacial score (nSPS) is 10.5. The molecule has 1 amide bonds. The van der Waals surface area contributed by atoms with E-state index < -0.39 is 0 Å². The van der Waals surface area contributed by atoms with Crippen molar-refractivity contribution in [2.24, 2.45) is 0 Å². The summed E-state index contributed by atoms with van der Waals surface area (Å²) < 4.78 is 5.36. The van der Waals surface area contributed by atoms with Gasteiger partial charge in [0.25, 0.3) is 11.8 Å². The SMILES string of the molecule is O=C(Nc1cccc(-c2nc(-c3ccccc3)no2)c1)c1ccccn1. The highest BCUT2D eigenvalue weighted by Gasteiger charge is 2.12. The van der Waals surface area contributed by atoms with Crippen LogP contribution in [0.25, 0.3) is 22.8 Å². The van der Waals surface area contributed by atoms with Crippen molar-refractivity contribution in [3.05, 3.63) is 84.7 Å². The molecular weight excluding hydrogens is 328 g/mol. The molecule has 0 saturated carbocycles. The van der Waals surface area contributed by atoms with E-state index in [0.717, 1.165) is 11.1 Å². The average Bonchev–Trinajstić information content (AvgIpc) is 3.20. The van der Waals surface area contributed by atoms with E-state index in [1.165, 1.54) is 0 Å². The fourth-order valence-corrected chi connectivity index (χ4v) is 2.47. The van der Waals surface area contributed by atoms with E-state index >= 15 is 0 Å². The lowest BCUT2D eigenvalue weighted by Gasteiger charge is -2.05. The number of hydrogen-bond donors (Lipinski definition) is 1. The van der Waals surface area contributed by atoms with Crippen molar-refractivity contribution >= 4 is 11.6 Å². The van der Waals surface area contributed by atoms with Crippen molar-refractivity contribution in [3.8, 4) is 22.8 Å². The Morgan fingerprint density at radius 1 is 0.885 bits per heavy atom. The number of nitrogens with zero attached hydrogens (tertiary/aromatic N) is 3. The molecule has 0 fully saturated rings. The highest BCUT2D eigenvalue weighted by atomic mass is 16.5. The third-order valence-corrected chi connectivity index (χ3v) is 3.72. The first kappa shape index (κ1) is 15.7. The smallest absolute Gasteiger partial charge is 0.274 e. The van der Waals surface area contributed by atoms with Gasteiger partial charge in [-0.15, -0.1) is 0 Å². The second-order valence-corrected chi connectivity index (χ2v) is 5.54. The van der Waals surface area contributed by atoms with E-state index in [2.05, 4.69) is 20.4 Å². The Kier molecular flexibility index (Phi) is 4.22. The van der Waals surface area contributed by atoms with Gasteiger partial charge in [-0.1, -0.05) is 47.6 Å². The molecule has 0 saturated heterocycles. The van der Waals surface area contributed by atoms with Gasteiger partial charge < -0.3 is 9.84 Å². The highest BCUT2D eigenvalue weighted by Crippen LogP contribution is 2.24. The van der Waals surface area contributed by atoms with Crippen LogP contribution in [0.3, 0.4) is 0 Å². The van der Waals surface area contributed by atoms with E-state index in [1.807, 2.05) is 42.5 Å². The molecule has 6 heteroatoms. The summed E-state index contributed by atoms with van der Waals surface area (Å²) in [6, 6.07) is 22.0. The molecule has 4 rings (SSSR count). The first-order valence-electron chi connectivity index (χ1n) is 8.01. The minimum Gasteiger partial charge on any atom is -0.334 e. The molecule has 0 aliphatic rings. The molecule has 4 aromatic rings. The Morgan fingerprint density at radius 2 is 1.69 bits per heavy atom. The molecule has 0 bridgehead atoms. The molecule has 2 heterocycles. The molecule has 0 atom stereocenters. The third-order valence-electron chi connectivity index (χ3n) is 3.72. The van der Waals surface area contributed by atoms with Crippen LogP contribution in [0.15, 0.2) is 83.5 Å². The quantitative estimate of drug-likeness (QED) is 0.605. The molecule has 2 aromatic carbocycles. The topological polar surface area (TPSA) is 80.9 Å². The number of hydrogen-bond acceptors (Lipinski definition) is 5. The number of pyridine rings is 1. The molecule has 2 aromatic heterocycles. The maximum Gasteiger partial charge on any atom is 0.274 e. The number of carbonyl (C=O) groups excluding carboxylic acids is 1. The van der Waals surface area contributed by atoms with Gasteiger partial charge in [0.2, 0.25) is 5.82 Å². The van der Waals surface area contributed by atoms with Crippen LogP contribution in [0.5, 0.6) is 0 Å². The summed E-state index contributed by atoms with van der Waals surface area (Å²) in [5.74, 6) is 0.625. The van der Waals surface area contributed by atoms with Crippen LogP contribution >= 0.6 is 0 Å². The number of benzene rings is 2. The summed E-state index contributed by atoms with van der Waals surface area (Å²) in [5.41, 5.74) is 2.57. The standard InChI is InChI=1S/C20H14N4O2/c25-19(17-11-4-5-12-21-17)22-16-10-6-9-15(13-16)20-23-18(24-26-20)14-7-2-1-3-8-14/h1-13H,(H,22,25). The Labute approximate surface area is 149 Å². The summed E-state index contributed by atoms with van der Waals surface area (Å²) in [5, 5.41) is 6.83. The Bertz CT molecular complexity index is 1030. The van der Waals surface area contributed by atoms with Gasteiger partial charge in [0.15, 0.2) is 0 Å². The lowest BCUT2D eigenvalue weighted by molar-refractivity contribution is 0.102. The molecule has 1 N–H and O–H groups in total. The van der Waals surface area contributed by atoms with Crippen molar-refractivity contribution in [1.82, 2.24) is 15.1 Å². The summed E-state index contributed by atoms with van der Waals surface area (Å²) in [4.78, 5) is 20.7. The Hall–Kier alpha value is -3.80. The molecule has 26 heavy (non-hydrogen) atoms. The van der Waals surface area contributed by atoms with Crippen molar-refractivity contribution in [1.29, 1.82) is 0 Å². The average molecular weight is 342 g/mol. The van der Waals surface area contributed by atoms with Crippen LogP contribution in [0.2, 0.25) is 0 Å². The lowest BCUT2D eigenvalue weighted by Crippen LogP contribution is -2.13. The van der Waals surface area contributed by atoms with Crippen LogP contribution in [0.4, 0.5) is 5.69 Å². The number of nitrogens with one attached hydrogen (secondary N) is 1. The number of aromatic nitrogens is 3. The predicted octanol–water partition coefficient (Wildman–Crippen LogP) is 4.05. The molecule has 0 aliphatic carbocycles. The number of amides is 1. The fraction of sp³-hybridized carbons (Fsp3) is 0. The zero-order valence-corrected chi connectivity index (χ0v) is 13.7. The lowest BCUT2D eigenvalue weighted by atomic mass is 10.2. The molecular formula is C20H14N4O2. The van der Waals surface area contributed by atoms with Crippen LogP contribution in [-0.4, -0.2) is 21.0 Å². The maximum absolute atomic E-state index is 12.2. The van der Waals surface area contributed by atoms with Gasteiger partial charge in [0, 0.05) is 23.0 Å². The Balaban J connectivity index is 1.57. The van der Waals surface area contributed by atoms with Crippen LogP contribution in [-0.2, 0) is 0 Å². The minimum absolute atomic E-state index is 0.279. The van der Waals surface area contributed by atoms with Crippen LogP contribution in [0, 0.1) is 0 Å². The second kappa shape index (κ2) is 6.98. The molecule has 0 unspecified atom stereocenters. The van der Waals surface area contributed by atoms with Crippen molar-refractivity contribution in [3.63, 3.8) is 0 Å². The molecule has 0 spiro atoms. The zero-order chi connectivity index (χ0) is 17.8. The van der Waals surface area contributed by atoms with Crippen molar-refractivity contribution < 1.29 is 9.32 Å². The van der Waals surface area contributed by atoms with Crippen molar-refractivity contribution in [2.45, 2.75) is 0 Å². The monoisotopic (exact) mass is 342 g/mol. The second-order valence-electron chi connectivity index (χ2n) is 5.54. The molecule has 126 valence electrons. The third kappa shape index (κ3) is 3.34. The summed E-state index contributed by atoms with van der Waals surface area (Å²) >= 11 is 0. The van der Waals surface area contributed by atoms with E-state index in [4.69, 9.17) is 4.52 Å². The summed E-state index contributed by atoms with van der Waals surface area (Å²) in [6.07, 6.45) is 1.58. The molecule has 0 radical (unpaired) electrons. The van der Waals surface area contributed by atoms with Gasteiger partial charge in [-0.2, -0.15) is 4.98 Å². The number of rotatable bonds is 4. The van der Waals surface area contributed by atoms with E-state index in [-0.39, 0.29) is 5.91 Å². The molecule has 6 nitrogen and oxygen atoms in total. The van der Waals surface area contributed by atoms with Gasteiger partial charge >= 0.3 is 0 Å². The number of anilines is 1. The van der Waals surface area contributed by atoms with Crippen molar-refractivity contribution in [2.75, 3.05) is 5.32 Å². The van der Waals surface area contributed by atoms with Gasteiger partial charge in [-0.3, -0.25) is 9.78 Å². The van der Waals surface area contributed by atoms with E-state index in [1.54, 1.807) is 36.5 Å². The van der Waals surface area contributed by atoms with E-state index in [0.29, 0.717) is 23.1 Å². The largest absolute Gasteiger partial charge is 0.334 e. The van der Waals surface area contributed by atoms with E-state index in [9.17, 15) is 4.79 Å². The van der Waals surface area contributed by atoms with Gasteiger partial charge in [0.1, 0.15) is 5.69 Å². The first-order valence-corrected chi connectivity index (χ1v) is 8.01. The van der Waals surface area contributed by atoms with Crippen LogP contribution < -0.4 is 5.32 Å². The highest BCUT2D eigenvalue weighted by molar-refractivity contribution is 6.03. The maximum atomic E-state index is 12.2. The fourth-order valence-electron chi connectivity index (χ4n) is 2.47. The summed E-state index contributed by atoms with van der Waals surface area (Å²) in [6.45, 7) is 0. The zero-order valence-electron chi connectivity index (χ0n) is 13.7. The Morgan fingerprint density at radius 3 is 2.50 bits per heavy atom. The molecule has 0 aliphatic heterocycles. The number of carbonyl (C=O) groups is 1. The predicted molar refractivity (Wildman–Crippen MR) is 97.4 cm³/mol. The minimum atomic E-state index is -0.279. The van der Waals surface area contributed by atoms with Gasteiger partial charge in [0.05, 0.1) is 0 Å². The van der Waals surface area contributed by atoms with Gasteiger partial charge in [-0.05, 0) is 30.3 Å². The first-order chi connectivity index (χ1) is 12.8. The summed E-state index contributed by atoms with van der Waals surface area (Å²) in [7, 11) is 0. The van der Waals surface area contributed by atoms with Crippen LogP contribution in [0.1, 0.15) is 10.5 Å². The van der Waals surface area contributed by atoms with Gasteiger partial charge in [-0.25, -0.2) is 0 Å².